The molecule has 1 radical (unpaired) electrons. The van der Waals surface area contributed by atoms with Crippen LogP contribution in [0.2, 0.25) is 0 Å². The molecule has 5 heteroatoms. The fourth-order valence-electron chi connectivity index (χ4n) is 2.80. The molecule has 2 aromatic heterocycles. The van der Waals surface area contributed by atoms with Crippen LogP contribution in [-0.2, 0) is 16.6 Å². The van der Waals surface area contributed by atoms with Crippen LogP contribution in [0.4, 0.5) is 0 Å². The number of aromatic nitrogens is 3. The van der Waals surface area contributed by atoms with Crippen molar-refractivity contribution in [3.8, 4) is 16.9 Å². The average Bonchev–Trinajstić information content (AvgIpc) is 2.64. The van der Waals surface area contributed by atoms with Crippen LogP contribution < -0.4 is 0 Å². The molecule has 0 saturated heterocycles. The van der Waals surface area contributed by atoms with Crippen LogP contribution in [0.15, 0.2) is 42.6 Å². The van der Waals surface area contributed by atoms with Crippen LogP contribution in [0.1, 0.15) is 49.2 Å². The fraction of sp³-hybridized carbons (Fsp3) is 0.273. The quantitative estimate of drug-likeness (QED) is 0.764. The van der Waals surface area contributed by atoms with Crippen molar-refractivity contribution >= 4 is 6.29 Å². The zero-order valence-corrected chi connectivity index (χ0v) is 15.9. The third-order valence-corrected chi connectivity index (χ3v) is 4.45. The first-order valence-electron chi connectivity index (χ1n) is 8.78. The standard InChI is InChI=1S/C22H22N3O2/c1-14-21(27)19(13-26)25-20(24-14)11-18-10-7-16(12-23-18)15-5-8-17(9-6-15)22(2,3)4/h5-10,12,27H,11H2,1-4H3. The van der Waals surface area contributed by atoms with Gasteiger partial charge in [-0.2, -0.15) is 0 Å². The second-order valence-corrected chi connectivity index (χ2v) is 7.57. The first-order chi connectivity index (χ1) is 12.8. The summed E-state index contributed by atoms with van der Waals surface area (Å²) in [5.41, 5.74) is 4.58. The van der Waals surface area contributed by atoms with E-state index in [1.165, 1.54) is 5.56 Å². The molecule has 0 aliphatic heterocycles. The Balaban J connectivity index is 1.80. The predicted molar refractivity (Wildman–Crippen MR) is 104 cm³/mol. The molecule has 0 saturated carbocycles. The minimum atomic E-state index is -0.226. The summed E-state index contributed by atoms with van der Waals surface area (Å²) < 4.78 is 0. The number of nitrogens with zero attached hydrogens (tertiary/aromatic N) is 3. The molecule has 0 fully saturated rings. The van der Waals surface area contributed by atoms with Crippen molar-refractivity contribution in [2.45, 2.75) is 39.5 Å². The van der Waals surface area contributed by atoms with Crippen LogP contribution in [0.25, 0.3) is 11.1 Å². The van der Waals surface area contributed by atoms with E-state index in [1.807, 2.05) is 18.3 Å². The van der Waals surface area contributed by atoms with Crippen LogP contribution in [0.5, 0.6) is 5.75 Å². The summed E-state index contributed by atoms with van der Waals surface area (Å²) in [5, 5.41) is 9.72. The van der Waals surface area contributed by atoms with Crippen molar-refractivity contribution in [3.05, 3.63) is 71.1 Å². The van der Waals surface area contributed by atoms with Gasteiger partial charge in [-0.05, 0) is 29.5 Å². The van der Waals surface area contributed by atoms with Crippen molar-refractivity contribution in [1.29, 1.82) is 0 Å². The van der Waals surface area contributed by atoms with Crippen molar-refractivity contribution in [1.82, 2.24) is 15.0 Å². The van der Waals surface area contributed by atoms with Crippen molar-refractivity contribution < 1.29 is 9.90 Å². The van der Waals surface area contributed by atoms with Gasteiger partial charge in [-0.3, -0.25) is 9.78 Å². The lowest BCUT2D eigenvalue weighted by atomic mass is 9.86. The van der Waals surface area contributed by atoms with Gasteiger partial charge in [-0.25, -0.2) is 9.97 Å². The second kappa shape index (κ2) is 7.27. The highest BCUT2D eigenvalue weighted by Gasteiger charge is 2.14. The Morgan fingerprint density at radius 1 is 1.00 bits per heavy atom. The number of carbonyl (C=O) groups excluding carboxylic acids is 1. The largest absolute Gasteiger partial charge is 0.504 e. The Kier molecular flexibility index (Phi) is 5.04. The molecule has 27 heavy (non-hydrogen) atoms. The number of hydrogen-bond acceptors (Lipinski definition) is 5. The second-order valence-electron chi connectivity index (χ2n) is 7.57. The van der Waals surface area contributed by atoms with Crippen molar-refractivity contribution in [2.75, 3.05) is 0 Å². The molecule has 0 amide bonds. The molecule has 0 bridgehead atoms. The molecule has 0 atom stereocenters. The van der Waals surface area contributed by atoms with Gasteiger partial charge < -0.3 is 5.11 Å². The van der Waals surface area contributed by atoms with Crippen LogP contribution in [0, 0.1) is 6.92 Å². The van der Waals surface area contributed by atoms with E-state index >= 15 is 0 Å². The molecule has 2 heterocycles. The summed E-state index contributed by atoms with van der Waals surface area (Å²) in [7, 11) is 0. The Labute approximate surface area is 159 Å². The summed E-state index contributed by atoms with van der Waals surface area (Å²) in [5.74, 6) is 0.203. The van der Waals surface area contributed by atoms with Gasteiger partial charge in [0.05, 0.1) is 12.1 Å². The zero-order valence-electron chi connectivity index (χ0n) is 15.9. The Bertz CT molecular complexity index is 957. The molecular formula is C22H22N3O2. The minimum Gasteiger partial charge on any atom is -0.504 e. The van der Waals surface area contributed by atoms with Gasteiger partial charge in [0.2, 0.25) is 0 Å². The van der Waals surface area contributed by atoms with Gasteiger partial charge in [0, 0.05) is 17.5 Å². The minimum absolute atomic E-state index is 0.118. The molecule has 0 aliphatic rings. The van der Waals surface area contributed by atoms with Gasteiger partial charge in [0.15, 0.2) is 11.4 Å². The maximum atomic E-state index is 10.9. The lowest BCUT2D eigenvalue weighted by molar-refractivity contribution is 0.459. The van der Waals surface area contributed by atoms with E-state index in [0.717, 1.165) is 16.8 Å². The summed E-state index contributed by atoms with van der Waals surface area (Å²) in [6.07, 6.45) is 3.83. The number of benzene rings is 1. The first kappa shape index (κ1) is 18.7. The number of pyridine rings is 1. The maximum absolute atomic E-state index is 10.9. The fourth-order valence-corrected chi connectivity index (χ4v) is 2.80. The first-order valence-corrected chi connectivity index (χ1v) is 8.78. The SMILES string of the molecule is Cc1nc(Cc2ccc(-c3ccc(C(C)(C)C)cc3)cn2)nc([C]=O)c1O. The van der Waals surface area contributed by atoms with E-state index < -0.39 is 0 Å². The lowest BCUT2D eigenvalue weighted by Crippen LogP contribution is -2.10. The molecule has 5 nitrogen and oxygen atoms in total. The van der Waals surface area contributed by atoms with Crippen molar-refractivity contribution in [2.24, 2.45) is 0 Å². The van der Waals surface area contributed by atoms with E-state index in [2.05, 4.69) is 60.0 Å². The van der Waals surface area contributed by atoms with Gasteiger partial charge in [-0.15, -0.1) is 0 Å². The van der Waals surface area contributed by atoms with Gasteiger partial charge in [0.1, 0.15) is 5.82 Å². The van der Waals surface area contributed by atoms with E-state index in [0.29, 0.717) is 17.9 Å². The highest BCUT2D eigenvalue weighted by molar-refractivity contribution is 5.76. The van der Waals surface area contributed by atoms with Gasteiger partial charge in [-0.1, -0.05) is 51.1 Å². The molecular weight excluding hydrogens is 338 g/mol. The summed E-state index contributed by atoms with van der Waals surface area (Å²) in [6, 6.07) is 12.4. The number of hydrogen-bond donors (Lipinski definition) is 1. The predicted octanol–water partition coefficient (Wildman–Crippen LogP) is 3.90. The van der Waals surface area contributed by atoms with Gasteiger partial charge >= 0.3 is 0 Å². The highest BCUT2D eigenvalue weighted by Crippen LogP contribution is 2.26. The Hall–Kier alpha value is -3.08. The van der Waals surface area contributed by atoms with E-state index in [-0.39, 0.29) is 16.9 Å². The summed E-state index contributed by atoms with van der Waals surface area (Å²) in [6.45, 7) is 8.21. The molecule has 0 aliphatic carbocycles. The zero-order chi connectivity index (χ0) is 19.6. The van der Waals surface area contributed by atoms with Crippen LogP contribution in [-0.4, -0.2) is 26.3 Å². The third-order valence-electron chi connectivity index (χ3n) is 4.45. The molecule has 137 valence electrons. The summed E-state index contributed by atoms with van der Waals surface area (Å²) >= 11 is 0. The lowest BCUT2D eigenvalue weighted by Gasteiger charge is -2.19. The number of rotatable bonds is 4. The van der Waals surface area contributed by atoms with E-state index in [4.69, 9.17) is 0 Å². The normalized spacial score (nSPS) is 11.4. The van der Waals surface area contributed by atoms with Gasteiger partial charge in [0.25, 0.3) is 6.29 Å². The summed E-state index contributed by atoms with van der Waals surface area (Å²) in [4.78, 5) is 23.6. The molecule has 0 spiro atoms. The van der Waals surface area contributed by atoms with E-state index in [9.17, 15) is 9.90 Å². The van der Waals surface area contributed by atoms with Crippen LogP contribution in [0.3, 0.4) is 0 Å². The topological polar surface area (TPSA) is 76.0 Å². The van der Waals surface area contributed by atoms with Crippen molar-refractivity contribution in [3.63, 3.8) is 0 Å². The highest BCUT2D eigenvalue weighted by atomic mass is 16.3. The Morgan fingerprint density at radius 2 is 1.67 bits per heavy atom. The average molecular weight is 360 g/mol. The number of aryl methyl sites for hydroxylation is 1. The number of aromatic hydroxyl groups is 1. The molecule has 1 aromatic carbocycles. The molecule has 0 unspecified atom stereocenters. The Morgan fingerprint density at radius 3 is 2.22 bits per heavy atom. The maximum Gasteiger partial charge on any atom is 0.257 e. The molecule has 3 aromatic rings. The van der Waals surface area contributed by atoms with E-state index in [1.54, 1.807) is 13.2 Å². The monoisotopic (exact) mass is 360 g/mol. The third kappa shape index (κ3) is 4.19. The smallest absolute Gasteiger partial charge is 0.257 e. The molecule has 1 N–H and O–H groups in total. The molecule has 3 rings (SSSR count). The van der Waals surface area contributed by atoms with Crippen LogP contribution >= 0.6 is 0 Å².